The molecule has 10 heteroatoms. The minimum atomic E-state index is -0.430. The highest BCUT2D eigenvalue weighted by molar-refractivity contribution is 9.11. The molecule has 2 heterocycles. The minimum absolute atomic E-state index is 0.296. The average molecular weight is 591 g/mol. The molecule has 0 aliphatic carbocycles. The Hall–Kier alpha value is -1.68. The summed E-state index contributed by atoms with van der Waals surface area (Å²) in [6, 6.07) is 8.41. The molecule has 0 unspecified atom stereocenters. The molecule has 3 aromatic rings. The quantitative estimate of drug-likeness (QED) is 0.426. The van der Waals surface area contributed by atoms with E-state index in [-0.39, 0.29) is 5.91 Å². The van der Waals surface area contributed by atoms with Gasteiger partial charge >= 0.3 is 0 Å². The SMILES string of the molecule is CNC(=O)c1cc(Br)cc(Br)c1NC(=O)c1cc(Br)cn1-c1ncccc1Cl. The van der Waals surface area contributed by atoms with E-state index in [1.807, 2.05) is 0 Å². The molecule has 0 aliphatic heterocycles. The van der Waals surface area contributed by atoms with Crippen LogP contribution in [0.25, 0.3) is 5.82 Å². The van der Waals surface area contributed by atoms with Crippen LogP contribution in [-0.4, -0.2) is 28.4 Å². The van der Waals surface area contributed by atoms with Crippen LogP contribution in [-0.2, 0) is 0 Å². The number of carbonyl (C=O) groups is 2. The summed E-state index contributed by atoms with van der Waals surface area (Å²) in [5.74, 6) is -0.344. The Bertz CT molecular complexity index is 1080. The molecule has 28 heavy (non-hydrogen) atoms. The number of hydrogen-bond acceptors (Lipinski definition) is 3. The largest absolute Gasteiger partial charge is 0.355 e. The second kappa shape index (κ2) is 8.77. The summed E-state index contributed by atoms with van der Waals surface area (Å²) < 4.78 is 3.51. The molecule has 0 saturated carbocycles. The number of amides is 2. The van der Waals surface area contributed by atoms with E-state index in [2.05, 4.69) is 63.4 Å². The van der Waals surface area contributed by atoms with Gasteiger partial charge in [-0.05, 0) is 62.2 Å². The number of carbonyl (C=O) groups excluding carboxylic acids is 2. The van der Waals surface area contributed by atoms with E-state index < -0.39 is 5.91 Å². The maximum Gasteiger partial charge on any atom is 0.272 e. The Morgan fingerprint density at radius 3 is 2.54 bits per heavy atom. The smallest absolute Gasteiger partial charge is 0.272 e. The fourth-order valence-corrected chi connectivity index (χ4v) is 4.49. The molecule has 0 spiro atoms. The Kier molecular flexibility index (Phi) is 6.59. The van der Waals surface area contributed by atoms with Crippen LogP contribution in [0.3, 0.4) is 0 Å². The van der Waals surface area contributed by atoms with Gasteiger partial charge in [0.25, 0.3) is 11.8 Å². The molecule has 0 fully saturated rings. The van der Waals surface area contributed by atoms with Crippen molar-refractivity contribution >= 4 is 76.9 Å². The number of hydrogen-bond donors (Lipinski definition) is 2. The predicted octanol–water partition coefficient (Wildman–Crippen LogP) is 5.43. The lowest BCUT2D eigenvalue weighted by molar-refractivity contribution is 0.0964. The number of rotatable bonds is 4. The lowest BCUT2D eigenvalue weighted by Crippen LogP contribution is -2.23. The third-order valence-electron chi connectivity index (χ3n) is 3.75. The molecule has 144 valence electrons. The van der Waals surface area contributed by atoms with E-state index in [0.29, 0.717) is 41.2 Å². The molecule has 1 aromatic carbocycles. The lowest BCUT2D eigenvalue weighted by atomic mass is 10.1. The molecular formula is C18H12Br3ClN4O2. The first-order chi connectivity index (χ1) is 13.3. The molecule has 0 atom stereocenters. The van der Waals surface area contributed by atoms with Gasteiger partial charge in [-0.15, -0.1) is 0 Å². The third-order valence-corrected chi connectivity index (χ3v) is 5.56. The van der Waals surface area contributed by atoms with Crippen molar-refractivity contribution in [2.45, 2.75) is 0 Å². The van der Waals surface area contributed by atoms with E-state index in [4.69, 9.17) is 11.6 Å². The summed E-state index contributed by atoms with van der Waals surface area (Å²) >= 11 is 16.4. The molecule has 6 nitrogen and oxygen atoms in total. The van der Waals surface area contributed by atoms with Crippen molar-refractivity contribution in [2.75, 3.05) is 12.4 Å². The van der Waals surface area contributed by atoms with Crippen LogP contribution in [0.1, 0.15) is 20.8 Å². The summed E-state index contributed by atoms with van der Waals surface area (Å²) in [6.45, 7) is 0. The first-order valence-electron chi connectivity index (χ1n) is 7.83. The topological polar surface area (TPSA) is 76.0 Å². The van der Waals surface area contributed by atoms with Crippen LogP contribution in [0.4, 0.5) is 5.69 Å². The summed E-state index contributed by atoms with van der Waals surface area (Å²) in [6.07, 6.45) is 3.28. The van der Waals surface area contributed by atoms with E-state index in [0.717, 1.165) is 0 Å². The first-order valence-corrected chi connectivity index (χ1v) is 10.6. The van der Waals surface area contributed by atoms with Crippen molar-refractivity contribution in [1.29, 1.82) is 0 Å². The molecule has 3 rings (SSSR count). The van der Waals surface area contributed by atoms with Gasteiger partial charge in [0.05, 0.1) is 16.3 Å². The molecule has 0 radical (unpaired) electrons. The highest BCUT2D eigenvalue weighted by Crippen LogP contribution is 2.32. The summed E-state index contributed by atoms with van der Waals surface area (Å²) in [5, 5.41) is 5.77. The average Bonchev–Trinajstić information content (AvgIpc) is 3.05. The van der Waals surface area contributed by atoms with Crippen LogP contribution in [0, 0.1) is 0 Å². The zero-order valence-electron chi connectivity index (χ0n) is 14.3. The number of halogens is 4. The van der Waals surface area contributed by atoms with Crippen LogP contribution >= 0.6 is 59.4 Å². The van der Waals surface area contributed by atoms with Gasteiger partial charge in [-0.25, -0.2) is 4.98 Å². The highest BCUT2D eigenvalue weighted by Gasteiger charge is 2.21. The van der Waals surface area contributed by atoms with E-state index in [1.54, 1.807) is 47.3 Å². The summed E-state index contributed by atoms with van der Waals surface area (Å²) in [4.78, 5) is 29.5. The van der Waals surface area contributed by atoms with Gasteiger partial charge in [0, 0.05) is 32.9 Å². The normalized spacial score (nSPS) is 10.6. The molecule has 0 bridgehead atoms. The minimum Gasteiger partial charge on any atom is -0.355 e. The zero-order chi connectivity index (χ0) is 20.4. The third kappa shape index (κ3) is 4.32. The van der Waals surface area contributed by atoms with Crippen LogP contribution < -0.4 is 10.6 Å². The molecule has 2 N–H and O–H groups in total. The monoisotopic (exact) mass is 588 g/mol. The van der Waals surface area contributed by atoms with Gasteiger partial charge in [-0.1, -0.05) is 27.5 Å². The van der Waals surface area contributed by atoms with Crippen molar-refractivity contribution in [1.82, 2.24) is 14.9 Å². The fraction of sp³-hybridized carbons (Fsp3) is 0.0556. The van der Waals surface area contributed by atoms with Crippen LogP contribution in [0.15, 0.2) is 56.1 Å². The van der Waals surface area contributed by atoms with Gasteiger partial charge in [0.2, 0.25) is 0 Å². The van der Waals surface area contributed by atoms with Gasteiger partial charge in [0.15, 0.2) is 5.82 Å². The molecule has 0 aliphatic rings. The van der Waals surface area contributed by atoms with E-state index in [9.17, 15) is 9.59 Å². The van der Waals surface area contributed by atoms with Gasteiger partial charge < -0.3 is 10.6 Å². The van der Waals surface area contributed by atoms with Crippen molar-refractivity contribution in [3.63, 3.8) is 0 Å². The number of anilines is 1. The van der Waals surface area contributed by atoms with Crippen molar-refractivity contribution in [3.05, 3.63) is 72.4 Å². The standard InChI is InChI=1S/C18H12Br3ClN4O2/c1-23-17(27)11-5-9(19)6-12(21)15(11)25-18(28)14-7-10(20)8-26(14)16-13(22)3-2-4-24-16/h2-8H,1H3,(H,23,27)(H,25,28). The van der Waals surface area contributed by atoms with Gasteiger partial charge in [-0.2, -0.15) is 0 Å². The fourth-order valence-electron chi connectivity index (χ4n) is 2.53. The van der Waals surface area contributed by atoms with Gasteiger partial charge in [-0.3, -0.25) is 14.2 Å². The molecule has 2 aromatic heterocycles. The molecule has 2 amide bonds. The van der Waals surface area contributed by atoms with Crippen molar-refractivity contribution in [2.24, 2.45) is 0 Å². The highest BCUT2D eigenvalue weighted by atomic mass is 79.9. The Morgan fingerprint density at radius 1 is 1.11 bits per heavy atom. The summed E-state index contributed by atoms with van der Waals surface area (Å²) in [7, 11) is 1.52. The maximum atomic E-state index is 13.0. The van der Waals surface area contributed by atoms with Gasteiger partial charge in [0.1, 0.15) is 5.69 Å². The molecular weight excluding hydrogens is 579 g/mol. The zero-order valence-corrected chi connectivity index (χ0v) is 19.8. The van der Waals surface area contributed by atoms with E-state index >= 15 is 0 Å². The number of benzene rings is 1. The number of nitrogens with one attached hydrogen (secondary N) is 2. The van der Waals surface area contributed by atoms with Crippen LogP contribution in [0.2, 0.25) is 5.02 Å². The van der Waals surface area contributed by atoms with Crippen molar-refractivity contribution in [3.8, 4) is 5.82 Å². The van der Waals surface area contributed by atoms with Crippen molar-refractivity contribution < 1.29 is 9.59 Å². The second-order valence-corrected chi connectivity index (χ2v) is 8.66. The Labute approximate surface area is 191 Å². The number of aromatic nitrogens is 2. The predicted molar refractivity (Wildman–Crippen MR) is 119 cm³/mol. The number of pyridine rings is 1. The van der Waals surface area contributed by atoms with Crippen LogP contribution in [0.5, 0.6) is 0 Å². The number of nitrogens with zero attached hydrogens (tertiary/aromatic N) is 2. The second-order valence-electron chi connectivity index (χ2n) is 5.57. The molecule has 0 saturated heterocycles. The summed E-state index contributed by atoms with van der Waals surface area (Å²) in [5.41, 5.74) is 0.957. The maximum absolute atomic E-state index is 13.0. The van der Waals surface area contributed by atoms with E-state index in [1.165, 1.54) is 7.05 Å². The first kappa shape index (κ1) is 21.0. The Morgan fingerprint density at radius 2 is 1.86 bits per heavy atom. The lowest BCUT2D eigenvalue weighted by Gasteiger charge is -2.14. The Balaban J connectivity index is 2.05.